The van der Waals surface area contributed by atoms with E-state index in [1.807, 2.05) is 0 Å². The van der Waals surface area contributed by atoms with E-state index in [1.165, 1.54) is 6.07 Å². The summed E-state index contributed by atoms with van der Waals surface area (Å²) in [5, 5.41) is 16.3. The average molecular weight is 307 g/mol. The van der Waals surface area contributed by atoms with Crippen molar-refractivity contribution in [1.82, 2.24) is 0 Å². The van der Waals surface area contributed by atoms with Gasteiger partial charge in [0.05, 0.1) is 22.2 Å². The van der Waals surface area contributed by atoms with Gasteiger partial charge in [0.25, 0.3) is 0 Å². The third-order valence-corrected chi connectivity index (χ3v) is 3.41. The number of hydrogen-bond acceptors (Lipinski definition) is 4. The van der Waals surface area contributed by atoms with Crippen molar-refractivity contribution in [1.29, 1.82) is 0 Å². The minimum atomic E-state index is -0.556. The molecular formula is C8H5BrClN3O3. The molecule has 0 saturated carbocycles. The second-order valence-corrected chi connectivity index (χ2v) is 4.30. The summed E-state index contributed by atoms with van der Waals surface area (Å²) < 4.78 is 0.196. The monoisotopic (exact) mass is 305 g/mol. The van der Waals surface area contributed by atoms with Gasteiger partial charge in [0.2, 0.25) is 5.91 Å². The molecule has 0 saturated heterocycles. The van der Waals surface area contributed by atoms with Crippen LogP contribution >= 0.6 is 27.5 Å². The van der Waals surface area contributed by atoms with Gasteiger partial charge in [0.15, 0.2) is 0 Å². The second kappa shape index (κ2) is 3.91. The maximum atomic E-state index is 11.1. The molecule has 0 atom stereocenters. The lowest BCUT2D eigenvalue weighted by Crippen LogP contribution is -2.28. The van der Waals surface area contributed by atoms with Crippen LogP contribution in [0.25, 0.3) is 0 Å². The summed E-state index contributed by atoms with van der Waals surface area (Å²) >= 11 is 8.86. The number of nitrogens with one attached hydrogen (secondary N) is 2. The average Bonchev–Trinajstić information content (AvgIpc) is 2.19. The number of carbonyl (C=O) groups excluding carboxylic acids is 1. The number of carbonyl (C=O) groups is 1. The van der Waals surface area contributed by atoms with Crippen LogP contribution in [-0.2, 0) is 4.79 Å². The summed E-state index contributed by atoms with van der Waals surface area (Å²) in [6, 6.07) is 1.46. The normalized spacial score (nSPS) is 13.8. The van der Waals surface area contributed by atoms with Gasteiger partial charge in [-0.2, -0.15) is 0 Å². The van der Waals surface area contributed by atoms with Crippen LogP contribution in [0.4, 0.5) is 17.1 Å². The molecular weight excluding hydrogens is 301 g/mol. The highest BCUT2D eigenvalue weighted by Gasteiger charge is 2.28. The topological polar surface area (TPSA) is 84.3 Å². The van der Waals surface area contributed by atoms with Crippen LogP contribution in [0.15, 0.2) is 10.5 Å². The van der Waals surface area contributed by atoms with Crippen molar-refractivity contribution in [2.75, 3.05) is 17.2 Å². The fraction of sp³-hybridized carbons (Fsp3) is 0.125. The van der Waals surface area contributed by atoms with Gasteiger partial charge < -0.3 is 10.6 Å². The number of rotatable bonds is 1. The summed E-state index contributed by atoms with van der Waals surface area (Å²) in [6.07, 6.45) is 0. The second-order valence-electron chi connectivity index (χ2n) is 3.10. The Morgan fingerprint density at radius 2 is 2.25 bits per heavy atom. The van der Waals surface area contributed by atoms with Gasteiger partial charge in [0, 0.05) is 0 Å². The molecule has 8 heteroatoms. The highest BCUT2D eigenvalue weighted by atomic mass is 79.9. The smallest absolute Gasteiger partial charge is 0.310 e. The predicted molar refractivity (Wildman–Crippen MR) is 62.9 cm³/mol. The number of nitrogens with zero attached hydrogens (tertiary/aromatic N) is 1. The van der Waals surface area contributed by atoms with Crippen molar-refractivity contribution in [2.45, 2.75) is 0 Å². The number of anilines is 2. The molecule has 0 unspecified atom stereocenters. The van der Waals surface area contributed by atoms with Crippen molar-refractivity contribution >= 4 is 50.5 Å². The molecule has 1 aliphatic heterocycles. The van der Waals surface area contributed by atoms with Crippen LogP contribution in [0, 0.1) is 10.1 Å². The number of amides is 1. The van der Waals surface area contributed by atoms with Crippen molar-refractivity contribution < 1.29 is 9.72 Å². The number of hydrogen-bond donors (Lipinski definition) is 2. The zero-order valence-electron chi connectivity index (χ0n) is 7.71. The SMILES string of the molecule is O=C1CNc2c(cc(Cl)c(Br)c2[N+](=O)[O-])N1. The number of nitro benzene ring substituents is 1. The third kappa shape index (κ3) is 1.72. The number of halogens is 2. The molecule has 0 fully saturated rings. The van der Waals surface area contributed by atoms with Crippen molar-refractivity contribution in [2.24, 2.45) is 0 Å². The van der Waals surface area contributed by atoms with Gasteiger partial charge >= 0.3 is 5.69 Å². The molecule has 84 valence electrons. The molecule has 0 spiro atoms. The van der Waals surface area contributed by atoms with Crippen LogP contribution in [0.1, 0.15) is 0 Å². The Morgan fingerprint density at radius 1 is 1.56 bits per heavy atom. The van der Waals surface area contributed by atoms with E-state index in [0.29, 0.717) is 5.69 Å². The number of nitro groups is 1. The molecule has 2 rings (SSSR count). The molecule has 0 aliphatic carbocycles. The standard InChI is InChI=1S/C8H5BrClN3O3/c9-6-3(10)1-4-7(8(6)13(15)16)11-2-5(14)12-4/h1,11H,2H2,(H,12,14). The van der Waals surface area contributed by atoms with Crippen molar-refractivity contribution in [3.8, 4) is 0 Å². The summed E-state index contributed by atoms with van der Waals surface area (Å²) in [4.78, 5) is 21.4. The Balaban J connectivity index is 2.68. The Morgan fingerprint density at radius 3 is 2.88 bits per heavy atom. The van der Waals surface area contributed by atoms with Crippen molar-refractivity contribution in [3.63, 3.8) is 0 Å². The summed E-state index contributed by atoms with van der Waals surface area (Å²) in [7, 11) is 0. The maximum Gasteiger partial charge on any atom is 0.310 e. The van der Waals surface area contributed by atoms with Crippen LogP contribution in [-0.4, -0.2) is 17.4 Å². The van der Waals surface area contributed by atoms with E-state index < -0.39 is 4.92 Å². The molecule has 16 heavy (non-hydrogen) atoms. The van der Waals surface area contributed by atoms with Gasteiger partial charge in [-0.15, -0.1) is 0 Å². The molecule has 1 amide bonds. The zero-order chi connectivity index (χ0) is 11.9. The number of fused-ring (bicyclic) bond motifs is 1. The van der Waals surface area contributed by atoms with E-state index in [0.717, 1.165) is 0 Å². The fourth-order valence-electron chi connectivity index (χ4n) is 1.42. The Bertz CT molecular complexity index is 506. The highest BCUT2D eigenvalue weighted by molar-refractivity contribution is 9.10. The van der Waals surface area contributed by atoms with Crippen molar-refractivity contribution in [3.05, 3.63) is 25.7 Å². The predicted octanol–water partition coefficient (Wildman–Crippen LogP) is 2.37. The minimum Gasteiger partial charge on any atom is -0.369 e. The first-order valence-corrected chi connectivity index (χ1v) is 5.38. The molecule has 1 aliphatic rings. The third-order valence-electron chi connectivity index (χ3n) is 2.08. The van der Waals surface area contributed by atoms with E-state index >= 15 is 0 Å². The Hall–Kier alpha value is -1.34. The Labute approximate surface area is 103 Å². The van der Waals surface area contributed by atoms with Crippen LogP contribution in [0.5, 0.6) is 0 Å². The molecule has 0 aromatic heterocycles. The summed E-state index contributed by atoms with van der Waals surface area (Å²) in [5.41, 5.74) is 0.402. The molecule has 6 nitrogen and oxygen atoms in total. The van der Waals surface area contributed by atoms with Crippen LogP contribution in [0.3, 0.4) is 0 Å². The quantitative estimate of drug-likeness (QED) is 0.616. The van der Waals surface area contributed by atoms with E-state index in [1.54, 1.807) is 0 Å². The zero-order valence-corrected chi connectivity index (χ0v) is 10.1. The molecule has 1 aromatic carbocycles. The largest absolute Gasteiger partial charge is 0.369 e. The lowest BCUT2D eigenvalue weighted by Gasteiger charge is -2.19. The summed E-state index contributed by atoms with van der Waals surface area (Å²) in [6.45, 7) is 0.00190. The maximum absolute atomic E-state index is 11.1. The minimum absolute atomic E-state index is 0.00190. The molecule has 1 heterocycles. The van der Waals surface area contributed by atoms with Gasteiger partial charge in [-0.05, 0) is 22.0 Å². The first-order chi connectivity index (χ1) is 7.50. The first-order valence-electron chi connectivity index (χ1n) is 4.21. The van der Waals surface area contributed by atoms with E-state index in [4.69, 9.17) is 11.6 Å². The number of benzene rings is 1. The first kappa shape index (κ1) is 11.2. The fourth-order valence-corrected chi connectivity index (χ4v) is 2.08. The van der Waals surface area contributed by atoms with E-state index in [2.05, 4.69) is 26.6 Å². The molecule has 2 N–H and O–H groups in total. The van der Waals surface area contributed by atoms with E-state index in [-0.39, 0.29) is 33.3 Å². The molecule has 1 aromatic rings. The summed E-state index contributed by atoms with van der Waals surface area (Å²) in [5.74, 6) is -0.264. The highest BCUT2D eigenvalue weighted by Crippen LogP contribution is 2.44. The van der Waals surface area contributed by atoms with Gasteiger partial charge in [-0.1, -0.05) is 11.6 Å². The Kier molecular flexibility index (Phi) is 2.73. The van der Waals surface area contributed by atoms with E-state index in [9.17, 15) is 14.9 Å². The van der Waals surface area contributed by atoms with Gasteiger partial charge in [-0.3, -0.25) is 14.9 Å². The lowest BCUT2D eigenvalue weighted by molar-refractivity contribution is -0.384. The van der Waals surface area contributed by atoms with Gasteiger partial charge in [0.1, 0.15) is 10.2 Å². The van der Waals surface area contributed by atoms with Crippen LogP contribution in [0.2, 0.25) is 5.02 Å². The molecule has 0 bridgehead atoms. The van der Waals surface area contributed by atoms with Gasteiger partial charge in [-0.25, -0.2) is 0 Å². The molecule has 0 radical (unpaired) electrons. The van der Waals surface area contributed by atoms with Crippen LogP contribution < -0.4 is 10.6 Å². The lowest BCUT2D eigenvalue weighted by atomic mass is 10.2.